The number of nitrogens with one attached hydrogen (secondary N) is 2. The fourth-order valence-corrected chi connectivity index (χ4v) is 10.0. The van der Waals surface area contributed by atoms with Gasteiger partial charge in [-0.25, -0.2) is 13.9 Å². The van der Waals surface area contributed by atoms with E-state index in [0.717, 1.165) is 116 Å². The quantitative estimate of drug-likeness (QED) is 0.0230. The number of esters is 1. The Kier molecular flexibility index (Phi) is 34.3. The summed E-state index contributed by atoms with van der Waals surface area (Å²) in [6.45, 7) is 4.49. The van der Waals surface area contributed by atoms with Crippen molar-refractivity contribution in [2.24, 2.45) is 0 Å². The van der Waals surface area contributed by atoms with Crippen LogP contribution in [0, 0.1) is 0 Å². The number of phosphoric ester groups is 2. The van der Waals surface area contributed by atoms with E-state index < -0.39 is 139 Å². The molecule has 0 aromatic rings. The second-order valence-electron chi connectivity index (χ2n) is 19.6. The predicted octanol–water partition coefficient (Wildman–Crippen LogP) is 4.31. The van der Waals surface area contributed by atoms with E-state index in [1.165, 1.54) is 6.42 Å². The summed E-state index contributed by atoms with van der Waals surface area (Å²) in [5, 5.41) is 70.1. The highest BCUT2D eigenvalue weighted by Gasteiger charge is 2.52. The van der Waals surface area contributed by atoms with Gasteiger partial charge in [-0.05, 0) is 25.7 Å². The Morgan fingerprint density at radius 3 is 1.48 bits per heavy atom. The molecule has 23 nitrogen and oxygen atoms in total. The van der Waals surface area contributed by atoms with E-state index in [1.54, 1.807) is 0 Å². The van der Waals surface area contributed by atoms with Crippen LogP contribution in [0.2, 0.25) is 0 Å². The molecule has 2 rings (SSSR count). The molecule has 2 heterocycles. The number of rotatable bonds is 41. The molecule has 13 atom stereocenters. The monoisotopic (exact) mass is 1090 g/mol. The maximum atomic E-state index is 13.6. The van der Waals surface area contributed by atoms with E-state index >= 15 is 0 Å². The van der Waals surface area contributed by atoms with Crippen LogP contribution in [0.4, 0.5) is 0 Å². The minimum atomic E-state index is -5.48. The van der Waals surface area contributed by atoms with Crippen LogP contribution in [0.1, 0.15) is 194 Å². The van der Waals surface area contributed by atoms with Gasteiger partial charge in [0.1, 0.15) is 54.8 Å². The molecule has 2 aliphatic rings. The standard InChI is InChI=1S/C48H92N2O21P2/c1-4-7-10-13-16-19-22-25-28-35(53)46(59)67-34(27-24-21-18-15-12-9-6-3)30-39(55)50-40-43(57)42(56)37(69-48(40)71-73(63,64)65)32-66-47-41(44(58)45(36(31-51)68-47)70-72(60,61)62)49-38(54)29-33(52)26-23-20-17-14-11-8-5-2/h33-37,40-45,47-48,51-53,56-58H,4-32H2,1-3H3,(H,49,54)(H,50,55)(H2,60,61,62)(H2,63,64,65)/t33-,34-,35+,36-,37-,40+,41+,42-,43-,44-,45-,47-,48+/m1/s1. The molecular formula is C48H92N2O21P2. The molecule has 0 aromatic heterocycles. The lowest BCUT2D eigenvalue weighted by Crippen LogP contribution is -2.67. The predicted molar refractivity (Wildman–Crippen MR) is 266 cm³/mol. The van der Waals surface area contributed by atoms with Crippen LogP contribution in [0.25, 0.3) is 0 Å². The van der Waals surface area contributed by atoms with Gasteiger partial charge in [-0.2, -0.15) is 0 Å². The first-order valence-corrected chi connectivity index (χ1v) is 29.9. The molecule has 0 bridgehead atoms. The Hall–Kier alpha value is -1.73. The Balaban J connectivity index is 2.21. The normalized spacial score (nSPS) is 26.0. The number of hydrogen-bond acceptors (Lipinski definition) is 17. The molecule has 0 unspecified atom stereocenters. The Morgan fingerprint density at radius 2 is 0.986 bits per heavy atom. The van der Waals surface area contributed by atoms with Gasteiger partial charge in [0.05, 0.1) is 32.2 Å². The summed E-state index contributed by atoms with van der Waals surface area (Å²) < 4.78 is 56.3. The summed E-state index contributed by atoms with van der Waals surface area (Å²) in [6.07, 6.45) is 1.88. The second-order valence-corrected chi connectivity index (χ2v) is 22.0. The molecule has 0 aromatic carbocycles. The molecule has 2 aliphatic heterocycles. The van der Waals surface area contributed by atoms with E-state index in [9.17, 15) is 73.7 Å². The van der Waals surface area contributed by atoms with Crippen molar-refractivity contribution in [2.45, 2.75) is 274 Å². The topological polar surface area (TPSA) is 367 Å². The second kappa shape index (κ2) is 37.1. The van der Waals surface area contributed by atoms with Crippen LogP contribution < -0.4 is 10.6 Å². The largest absolute Gasteiger partial charge is 0.472 e. The number of carbonyl (C=O) groups is 3. The highest BCUT2D eigenvalue weighted by molar-refractivity contribution is 7.46. The van der Waals surface area contributed by atoms with E-state index in [2.05, 4.69) is 31.4 Å². The molecule has 2 fully saturated rings. The molecule has 73 heavy (non-hydrogen) atoms. The van der Waals surface area contributed by atoms with Crippen LogP contribution in [0.5, 0.6) is 0 Å². The van der Waals surface area contributed by atoms with Gasteiger partial charge in [0.25, 0.3) is 0 Å². The fraction of sp³-hybridized carbons (Fsp3) is 0.938. The molecule has 430 valence electrons. The summed E-state index contributed by atoms with van der Waals surface area (Å²) in [7, 11) is -10.8. The average molecular weight is 1100 g/mol. The lowest BCUT2D eigenvalue weighted by molar-refractivity contribution is -0.294. The van der Waals surface area contributed by atoms with E-state index in [-0.39, 0.29) is 19.3 Å². The van der Waals surface area contributed by atoms with Gasteiger partial charge in [0.15, 0.2) is 18.7 Å². The number of unbranched alkanes of at least 4 members (excludes halogenated alkanes) is 19. The lowest BCUT2D eigenvalue weighted by atomic mass is 9.95. The van der Waals surface area contributed by atoms with Gasteiger partial charge in [-0.15, -0.1) is 0 Å². The number of aliphatic hydroxyl groups excluding tert-OH is 6. The third-order valence-electron chi connectivity index (χ3n) is 13.1. The average Bonchev–Trinajstić information content (AvgIpc) is 3.31. The van der Waals surface area contributed by atoms with E-state index in [0.29, 0.717) is 19.3 Å². The maximum absolute atomic E-state index is 13.6. The zero-order chi connectivity index (χ0) is 54.4. The molecule has 0 spiro atoms. The Morgan fingerprint density at radius 1 is 0.548 bits per heavy atom. The van der Waals surface area contributed by atoms with Crippen LogP contribution >= 0.6 is 15.6 Å². The van der Waals surface area contributed by atoms with Crippen molar-refractivity contribution in [3.63, 3.8) is 0 Å². The smallest absolute Gasteiger partial charge is 0.460 e. The number of ether oxygens (including phenoxy) is 4. The Labute approximate surface area is 431 Å². The zero-order valence-electron chi connectivity index (χ0n) is 43.4. The zero-order valence-corrected chi connectivity index (χ0v) is 45.2. The van der Waals surface area contributed by atoms with Gasteiger partial charge < -0.3 is 79.8 Å². The van der Waals surface area contributed by atoms with Crippen LogP contribution in [0.3, 0.4) is 0 Å². The van der Waals surface area contributed by atoms with Crippen molar-refractivity contribution in [3.05, 3.63) is 0 Å². The first-order chi connectivity index (χ1) is 34.6. The van der Waals surface area contributed by atoms with Gasteiger partial charge in [-0.3, -0.25) is 18.6 Å². The van der Waals surface area contributed by atoms with Crippen molar-refractivity contribution in [2.75, 3.05) is 13.2 Å². The minimum absolute atomic E-state index is 0.166. The maximum Gasteiger partial charge on any atom is 0.472 e. The van der Waals surface area contributed by atoms with Crippen LogP contribution in [-0.4, -0.2) is 161 Å². The molecule has 2 saturated heterocycles. The van der Waals surface area contributed by atoms with Crippen LogP contribution in [-0.2, 0) is 51.5 Å². The number of carbonyl (C=O) groups excluding carboxylic acids is 3. The fourth-order valence-electron chi connectivity index (χ4n) is 9.00. The molecule has 0 radical (unpaired) electrons. The molecule has 12 N–H and O–H groups in total. The first kappa shape index (κ1) is 67.4. The number of phosphoric acid groups is 2. The van der Waals surface area contributed by atoms with Crippen molar-refractivity contribution in [3.8, 4) is 0 Å². The molecule has 0 aliphatic carbocycles. The van der Waals surface area contributed by atoms with Gasteiger partial charge in [0, 0.05) is 0 Å². The number of hydrogen-bond donors (Lipinski definition) is 12. The van der Waals surface area contributed by atoms with Crippen LogP contribution in [0.15, 0.2) is 0 Å². The highest BCUT2D eigenvalue weighted by atomic mass is 31.2. The first-order valence-electron chi connectivity index (χ1n) is 26.8. The number of amides is 2. The highest BCUT2D eigenvalue weighted by Crippen LogP contribution is 2.43. The summed E-state index contributed by atoms with van der Waals surface area (Å²) in [5.74, 6) is -2.65. The van der Waals surface area contributed by atoms with Crippen molar-refractivity contribution >= 4 is 33.4 Å². The number of aliphatic hydroxyl groups is 6. The molecule has 0 saturated carbocycles. The minimum Gasteiger partial charge on any atom is -0.460 e. The SMILES string of the molecule is CCCCCCCCCC[C@H](O)C(=O)O[C@H](CCCCCCCCC)CC(=O)N[C@@H]1[C@H](OP(=O)(O)O)O[C@H](CO[C@@H]2O[C@H](CO)[C@@H](OP(=O)(O)O)[C@H](O)[C@@H]2NC(=O)C[C@H](O)CCCCCCCCC)[C@@H](O)[C@@H]1O. The van der Waals surface area contributed by atoms with E-state index in [1.807, 2.05) is 0 Å². The summed E-state index contributed by atoms with van der Waals surface area (Å²) >= 11 is 0. The van der Waals surface area contributed by atoms with E-state index in [4.69, 9.17) is 28.0 Å². The van der Waals surface area contributed by atoms with Gasteiger partial charge in [0.2, 0.25) is 11.8 Å². The van der Waals surface area contributed by atoms with Crippen molar-refractivity contribution in [1.29, 1.82) is 0 Å². The third kappa shape index (κ3) is 28.5. The molecular weight excluding hydrogens is 1000 g/mol. The van der Waals surface area contributed by atoms with Gasteiger partial charge in [-0.1, -0.05) is 156 Å². The van der Waals surface area contributed by atoms with Gasteiger partial charge >= 0.3 is 21.6 Å². The third-order valence-corrected chi connectivity index (χ3v) is 14.1. The lowest BCUT2D eigenvalue weighted by Gasteiger charge is -2.45. The summed E-state index contributed by atoms with van der Waals surface area (Å²) in [6, 6.07) is -3.59. The molecule has 25 heteroatoms. The van der Waals surface area contributed by atoms with Crippen molar-refractivity contribution < 1.29 is 102 Å². The van der Waals surface area contributed by atoms with Crippen molar-refractivity contribution in [1.82, 2.24) is 10.6 Å². The Bertz CT molecular complexity index is 1610. The summed E-state index contributed by atoms with van der Waals surface area (Å²) in [5.41, 5.74) is 0. The molecule has 2 amide bonds. The summed E-state index contributed by atoms with van der Waals surface area (Å²) in [4.78, 5) is 78.7.